The van der Waals surface area contributed by atoms with Crippen molar-refractivity contribution in [3.8, 4) is 6.07 Å². The zero-order valence-electron chi connectivity index (χ0n) is 12.6. The van der Waals surface area contributed by atoms with Gasteiger partial charge >= 0.3 is 5.97 Å². The van der Waals surface area contributed by atoms with E-state index in [0.717, 1.165) is 5.56 Å². The highest BCUT2D eigenvalue weighted by Gasteiger charge is 2.39. The fourth-order valence-electron chi connectivity index (χ4n) is 2.55. The van der Waals surface area contributed by atoms with E-state index in [2.05, 4.69) is 4.72 Å². The van der Waals surface area contributed by atoms with Crippen LogP contribution in [0.4, 0.5) is 0 Å². The first kappa shape index (κ1) is 17.4. The van der Waals surface area contributed by atoms with Crippen molar-refractivity contribution in [1.29, 1.82) is 5.26 Å². The third-order valence-electron chi connectivity index (χ3n) is 3.80. The minimum atomic E-state index is -4.00. The number of nitrogens with one attached hydrogen (secondary N) is 1. The van der Waals surface area contributed by atoms with E-state index in [1.807, 2.05) is 13.0 Å². The molecule has 0 saturated carbocycles. The van der Waals surface area contributed by atoms with Crippen LogP contribution in [0.5, 0.6) is 0 Å². The molecular formula is C15H18N2O5S. The number of carbonyl (C=O) groups is 1. The lowest BCUT2D eigenvalue weighted by atomic mass is 9.88. The summed E-state index contributed by atoms with van der Waals surface area (Å²) in [6.07, 6.45) is 0.0513. The van der Waals surface area contributed by atoms with E-state index in [4.69, 9.17) is 10.00 Å². The zero-order chi connectivity index (χ0) is 17.0. The van der Waals surface area contributed by atoms with Gasteiger partial charge in [0.1, 0.15) is 12.1 Å². The summed E-state index contributed by atoms with van der Waals surface area (Å²) in [4.78, 5) is 11.5. The van der Waals surface area contributed by atoms with E-state index in [-0.39, 0.29) is 4.90 Å². The normalized spacial score (nSPS) is 23.0. The standard InChI is InChI=1S/C15H18N2O5S/c1-10-4-6-11(7-5-10)23(20,21)17-14(15(18)19)12-3-2-8-22-13(12)9-16/h4-7,12-14,17H,2-3,8H2,1H3,(H,18,19)/t12-,13+,14?/m1/s1. The summed E-state index contributed by atoms with van der Waals surface area (Å²) in [6, 6.07) is 6.58. The number of hydrogen-bond donors (Lipinski definition) is 2. The van der Waals surface area contributed by atoms with Gasteiger partial charge in [0.05, 0.1) is 11.0 Å². The number of sulfonamides is 1. The van der Waals surface area contributed by atoms with Crippen LogP contribution in [0.2, 0.25) is 0 Å². The molecule has 1 aliphatic rings. The van der Waals surface area contributed by atoms with Crippen LogP contribution in [0.15, 0.2) is 29.2 Å². The first-order chi connectivity index (χ1) is 10.8. The molecule has 0 bridgehead atoms. The van der Waals surface area contributed by atoms with Gasteiger partial charge in [-0.05, 0) is 31.9 Å². The number of carboxylic acid groups (broad SMARTS) is 1. The molecule has 1 fully saturated rings. The van der Waals surface area contributed by atoms with E-state index in [1.54, 1.807) is 12.1 Å². The summed E-state index contributed by atoms with van der Waals surface area (Å²) >= 11 is 0. The Morgan fingerprint density at radius 3 is 2.65 bits per heavy atom. The summed E-state index contributed by atoms with van der Waals surface area (Å²) in [5.74, 6) is -2.05. The zero-order valence-corrected chi connectivity index (χ0v) is 13.4. The molecule has 1 unspecified atom stereocenters. The molecule has 7 nitrogen and oxygen atoms in total. The third-order valence-corrected chi connectivity index (χ3v) is 5.26. The summed E-state index contributed by atoms with van der Waals surface area (Å²) in [5.41, 5.74) is 0.893. The molecule has 0 aliphatic carbocycles. The molecule has 1 heterocycles. The largest absolute Gasteiger partial charge is 0.480 e. The first-order valence-electron chi connectivity index (χ1n) is 7.18. The summed E-state index contributed by atoms with van der Waals surface area (Å²) < 4.78 is 32.2. The Morgan fingerprint density at radius 2 is 2.09 bits per heavy atom. The smallest absolute Gasteiger partial charge is 0.322 e. The van der Waals surface area contributed by atoms with Crippen molar-refractivity contribution in [1.82, 2.24) is 4.72 Å². The van der Waals surface area contributed by atoms with Gasteiger partial charge in [0.25, 0.3) is 0 Å². The SMILES string of the molecule is Cc1ccc(S(=O)(=O)NC(C(=O)O)[C@@H]2CCCO[C@H]2C#N)cc1. The number of hydrogen-bond acceptors (Lipinski definition) is 5. The van der Waals surface area contributed by atoms with E-state index in [0.29, 0.717) is 19.4 Å². The average Bonchev–Trinajstić information content (AvgIpc) is 2.53. The Labute approximate surface area is 134 Å². The second-order valence-corrected chi connectivity index (χ2v) is 7.19. The fraction of sp³-hybridized carbons (Fsp3) is 0.467. The molecule has 2 N–H and O–H groups in total. The predicted octanol–water partition coefficient (Wildman–Crippen LogP) is 1.05. The molecular weight excluding hydrogens is 320 g/mol. The van der Waals surface area contributed by atoms with Crippen LogP contribution in [-0.4, -0.2) is 38.2 Å². The lowest BCUT2D eigenvalue weighted by Gasteiger charge is -2.31. The lowest BCUT2D eigenvalue weighted by molar-refractivity contribution is -0.142. The summed E-state index contributed by atoms with van der Waals surface area (Å²) in [7, 11) is -4.00. The van der Waals surface area contributed by atoms with Gasteiger partial charge in [-0.15, -0.1) is 0 Å². The number of ether oxygens (including phenoxy) is 1. The van der Waals surface area contributed by atoms with Gasteiger partial charge < -0.3 is 9.84 Å². The maximum absolute atomic E-state index is 12.4. The van der Waals surface area contributed by atoms with Gasteiger partial charge in [0.15, 0.2) is 0 Å². The topological polar surface area (TPSA) is 116 Å². The van der Waals surface area contributed by atoms with Crippen LogP contribution in [-0.2, 0) is 19.6 Å². The molecule has 2 rings (SSSR count). The van der Waals surface area contributed by atoms with E-state index < -0.39 is 34.1 Å². The van der Waals surface area contributed by atoms with Crippen molar-refractivity contribution < 1.29 is 23.1 Å². The van der Waals surface area contributed by atoms with Gasteiger partial charge in [0, 0.05) is 12.5 Å². The predicted molar refractivity (Wildman–Crippen MR) is 81.0 cm³/mol. The van der Waals surface area contributed by atoms with Gasteiger partial charge in [-0.3, -0.25) is 4.79 Å². The molecule has 0 aromatic heterocycles. The minimum absolute atomic E-state index is 0.0143. The van der Waals surface area contributed by atoms with Crippen molar-refractivity contribution in [3.05, 3.63) is 29.8 Å². The molecule has 1 aliphatic heterocycles. The van der Waals surface area contributed by atoms with Crippen LogP contribution in [0.3, 0.4) is 0 Å². The molecule has 8 heteroatoms. The Hall–Kier alpha value is -1.95. The highest BCUT2D eigenvalue weighted by atomic mass is 32.2. The van der Waals surface area contributed by atoms with Gasteiger partial charge in [-0.2, -0.15) is 9.98 Å². The van der Waals surface area contributed by atoms with E-state index in [9.17, 15) is 18.3 Å². The second kappa shape index (κ2) is 7.08. The molecule has 0 radical (unpaired) electrons. The third kappa shape index (κ3) is 4.07. The Morgan fingerprint density at radius 1 is 1.43 bits per heavy atom. The number of carboxylic acids is 1. The first-order valence-corrected chi connectivity index (χ1v) is 8.66. The van der Waals surface area contributed by atoms with Crippen molar-refractivity contribution in [3.63, 3.8) is 0 Å². The quantitative estimate of drug-likeness (QED) is 0.829. The Kier molecular flexibility index (Phi) is 5.36. The Bertz CT molecular complexity index is 708. The fourth-order valence-corrected chi connectivity index (χ4v) is 3.79. The second-order valence-electron chi connectivity index (χ2n) is 5.48. The van der Waals surface area contributed by atoms with Crippen molar-refractivity contribution in [2.45, 2.75) is 36.8 Å². The monoisotopic (exact) mass is 338 g/mol. The molecule has 1 saturated heterocycles. The number of rotatable bonds is 5. The molecule has 0 amide bonds. The molecule has 23 heavy (non-hydrogen) atoms. The van der Waals surface area contributed by atoms with Crippen LogP contribution in [0.25, 0.3) is 0 Å². The highest BCUT2D eigenvalue weighted by Crippen LogP contribution is 2.25. The van der Waals surface area contributed by atoms with Crippen LogP contribution < -0.4 is 4.72 Å². The molecule has 0 spiro atoms. The molecule has 1 aromatic rings. The lowest BCUT2D eigenvalue weighted by Crippen LogP contribution is -2.51. The van der Waals surface area contributed by atoms with Gasteiger partial charge in [0.2, 0.25) is 10.0 Å². The van der Waals surface area contributed by atoms with Gasteiger partial charge in [-0.1, -0.05) is 17.7 Å². The number of aryl methyl sites for hydroxylation is 1. The van der Waals surface area contributed by atoms with Crippen LogP contribution in [0, 0.1) is 24.2 Å². The summed E-state index contributed by atoms with van der Waals surface area (Å²) in [5, 5.41) is 18.5. The number of aliphatic carboxylic acids is 1. The maximum atomic E-state index is 12.4. The molecule has 3 atom stereocenters. The average molecular weight is 338 g/mol. The van der Waals surface area contributed by atoms with E-state index in [1.165, 1.54) is 12.1 Å². The number of benzene rings is 1. The number of nitrogens with zero attached hydrogens (tertiary/aromatic N) is 1. The highest BCUT2D eigenvalue weighted by molar-refractivity contribution is 7.89. The molecule has 1 aromatic carbocycles. The maximum Gasteiger partial charge on any atom is 0.322 e. The van der Waals surface area contributed by atoms with E-state index >= 15 is 0 Å². The van der Waals surface area contributed by atoms with Crippen molar-refractivity contribution in [2.75, 3.05) is 6.61 Å². The Balaban J connectivity index is 2.27. The van der Waals surface area contributed by atoms with Crippen LogP contribution >= 0.6 is 0 Å². The van der Waals surface area contributed by atoms with Gasteiger partial charge in [-0.25, -0.2) is 8.42 Å². The van der Waals surface area contributed by atoms with Crippen molar-refractivity contribution >= 4 is 16.0 Å². The van der Waals surface area contributed by atoms with Crippen molar-refractivity contribution in [2.24, 2.45) is 5.92 Å². The summed E-state index contributed by atoms with van der Waals surface area (Å²) in [6.45, 7) is 2.19. The van der Waals surface area contributed by atoms with Crippen LogP contribution in [0.1, 0.15) is 18.4 Å². The molecule has 124 valence electrons. The minimum Gasteiger partial charge on any atom is -0.480 e. The number of nitriles is 1.